The van der Waals surface area contributed by atoms with Gasteiger partial charge in [0.05, 0.1) is 12.2 Å². The summed E-state index contributed by atoms with van der Waals surface area (Å²) in [6, 6.07) is 9.56. The van der Waals surface area contributed by atoms with Crippen LogP contribution in [-0.2, 0) is 16.1 Å². The summed E-state index contributed by atoms with van der Waals surface area (Å²) >= 11 is 3.21. The van der Waals surface area contributed by atoms with Crippen LogP contribution in [0, 0.1) is 0 Å². The SMILES string of the molecule is O=C(N[C@@H](CO)C(=O)OCc1ccccc1)c1cncc(Br)c1. The second-order valence-electron chi connectivity index (χ2n) is 4.69. The number of hydrogen-bond donors (Lipinski definition) is 2. The molecule has 0 fully saturated rings. The maximum Gasteiger partial charge on any atom is 0.331 e. The zero-order chi connectivity index (χ0) is 16.7. The van der Waals surface area contributed by atoms with Gasteiger partial charge in [-0.05, 0) is 27.6 Å². The van der Waals surface area contributed by atoms with Crippen LogP contribution in [0.2, 0.25) is 0 Å². The lowest BCUT2D eigenvalue weighted by atomic mass is 10.2. The van der Waals surface area contributed by atoms with Crippen molar-refractivity contribution in [2.24, 2.45) is 0 Å². The van der Waals surface area contributed by atoms with E-state index in [1.54, 1.807) is 6.07 Å². The minimum Gasteiger partial charge on any atom is -0.459 e. The first-order chi connectivity index (χ1) is 11.1. The standard InChI is InChI=1S/C16H15BrN2O4/c17-13-6-12(7-18-8-13)15(21)19-14(9-20)16(22)23-10-11-4-2-1-3-5-11/h1-8,14,20H,9-10H2,(H,19,21)/t14-/m0/s1. The van der Waals surface area contributed by atoms with E-state index in [2.05, 4.69) is 26.2 Å². The Morgan fingerprint density at radius 2 is 2.00 bits per heavy atom. The minimum atomic E-state index is -1.13. The molecule has 1 amide bonds. The maximum absolute atomic E-state index is 12.1. The van der Waals surface area contributed by atoms with Crippen LogP contribution in [0.25, 0.3) is 0 Å². The van der Waals surface area contributed by atoms with Crippen LogP contribution in [0.1, 0.15) is 15.9 Å². The van der Waals surface area contributed by atoms with Crippen LogP contribution >= 0.6 is 15.9 Å². The number of aliphatic hydroxyl groups excluding tert-OH is 1. The van der Waals surface area contributed by atoms with E-state index in [4.69, 9.17) is 4.74 Å². The van der Waals surface area contributed by atoms with Crippen LogP contribution in [0.3, 0.4) is 0 Å². The summed E-state index contributed by atoms with van der Waals surface area (Å²) in [5, 5.41) is 11.7. The molecular weight excluding hydrogens is 364 g/mol. The van der Waals surface area contributed by atoms with Crippen LogP contribution in [0.4, 0.5) is 0 Å². The molecule has 0 radical (unpaired) electrons. The summed E-state index contributed by atoms with van der Waals surface area (Å²) in [5.74, 6) is -1.22. The van der Waals surface area contributed by atoms with Gasteiger partial charge >= 0.3 is 5.97 Å². The molecule has 2 aromatic rings. The number of ether oxygens (including phenoxy) is 1. The van der Waals surface area contributed by atoms with E-state index >= 15 is 0 Å². The van der Waals surface area contributed by atoms with Crippen LogP contribution in [0.15, 0.2) is 53.3 Å². The Kier molecular flexibility index (Phi) is 6.25. The predicted octanol–water partition coefficient (Wildman–Crippen LogP) is 1.68. The van der Waals surface area contributed by atoms with E-state index in [9.17, 15) is 14.7 Å². The Balaban J connectivity index is 1.93. The van der Waals surface area contributed by atoms with Gasteiger partial charge in [-0.25, -0.2) is 4.79 Å². The van der Waals surface area contributed by atoms with Crippen LogP contribution in [-0.4, -0.2) is 34.6 Å². The maximum atomic E-state index is 12.1. The number of carbonyl (C=O) groups excluding carboxylic acids is 2. The van der Waals surface area contributed by atoms with Gasteiger partial charge in [0.25, 0.3) is 5.91 Å². The number of halogens is 1. The molecule has 23 heavy (non-hydrogen) atoms. The number of hydrogen-bond acceptors (Lipinski definition) is 5. The summed E-state index contributed by atoms with van der Waals surface area (Å²) in [5.41, 5.74) is 1.09. The molecule has 0 bridgehead atoms. The third-order valence-corrected chi connectivity index (χ3v) is 3.40. The fourth-order valence-electron chi connectivity index (χ4n) is 1.79. The number of amides is 1. The molecular formula is C16H15BrN2O4. The third-order valence-electron chi connectivity index (χ3n) is 2.96. The molecule has 0 aliphatic rings. The lowest BCUT2D eigenvalue weighted by Gasteiger charge is -2.15. The smallest absolute Gasteiger partial charge is 0.331 e. The number of aromatic nitrogens is 1. The highest BCUT2D eigenvalue weighted by Crippen LogP contribution is 2.10. The van der Waals surface area contributed by atoms with E-state index in [1.807, 2.05) is 30.3 Å². The molecule has 0 aliphatic carbocycles. The van der Waals surface area contributed by atoms with Gasteiger partial charge in [0, 0.05) is 16.9 Å². The summed E-state index contributed by atoms with van der Waals surface area (Å²) in [7, 11) is 0. The van der Waals surface area contributed by atoms with E-state index in [0.29, 0.717) is 4.47 Å². The number of carbonyl (C=O) groups is 2. The average molecular weight is 379 g/mol. The van der Waals surface area contributed by atoms with Crippen molar-refractivity contribution >= 4 is 27.8 Å². The van der Waals surface area contributed by atoms with Crippen molar-refractivity contribution in [1.29, 1.82) is 0 Å². The fourth-order valence-corrected chi connectivity index (χ4v) is 2.15. The topological polar surface area (TPSA) is 88.5 Å². The molecule has 2 rings (SSSR count). The Morgan fingerprint density at radius 3 is 2.65 bits per heavy atom. The van der Waals surface area contributed by atoms with Crippen LogP contribution < -0.4 is 5.32 Å². The quantitative estimate of drug-likeness (QED) is 0.746. The molecule has 0 saturated carbocycles. The van der Waals surface area contributed by atoms with Crippen molar-refractivity contribution in [3.05, 3.63) is 64.4 Å². The number of benzene rings is 1. The lowest BCUT2D eigenvalue weighted by Crippen LogP contribution is -2.44. The van der Waals surface area contributed by atoms with Gasteiger partial charge in [-0.1, -0.05) is 30.3 Å². The van der Waals surface area contributed by atoms with Gasteiger partial charge in [-0.3, -0.25) is 9.78 Å². The molecule has 0 unspecified atom stereocenters. The van der Waals surface area contributed by atoms with Gasteiger partial charge in [-0.15, -0.1) is 0 Å². The number of aliphatic hydroxyl groups is 1. The number of nitrogens with zero attached hydrogens (tertiary/aromatic N) is 1. The summed E-state index contributed by atoms with van der Waals surface area (Å²) in [6.07, 6.45) is 2.90. The largest absolute Gasteiger partial charge is 0.459 e. The number of pyridine rings is 1. The molecule has 0 spiro atoms. The lowest BCUT2D eigenvalue weighted by molar-refractivity contribution is -0.148. The Bertz CT molecular complexity index is 679. The normalized spacial score (nSPS) is 11.6. The highest BCUT2D eigenvalue weighted by atomic mass is 79.9. The summed E-state index contributed by atoms with van der Waals surface area (Å²) in [4.78, 5) is 27.9. The van der Waals surface area contributed by atoms with E-state index in [1.165, 1.54) is 12.4 Å². The van der Waals surface area contributed by atoms with Crippen molar-refractivity contribution in [3.8, 4) is 0 Å². The van der Waals surface area contributed by atoms with E-state index in [0.717, 1.165) is 5.56 Å². The molecule has 0 saturated heterocycles. The Labute approximate surface area is 141 Å². The van der Waals surface area contributed by atoms with Crippen molar-refractivity contribution in [1.82, 2.24) is 10.3 Å². The number of nitrogens with one attached hydrogen (secondary N) is 1. The first kappa shape index (κ1) is 17.1. The minimum absolute atomic E-state index is 0.0739. The van der Waals surface area contributed by atoms with Gasteiger partial charge < -0.3 is 15.2 Å². The molecule has 1 atom stereocenters. The van der Waals surface area contributed by atoms with Crippen molar-refractivity contribution in [2.45, 2.75) is 12.6 Å². The second-order valence-corrected chi connectivity index (χ2v) is 5.61. The van der Waals surface area contributed by atoms with Gasteiger partial charge in [0.15, 0.2) is 6.04 Å². The molecule has 1 aromatic carbocycles. The van der Waals surface area contributed by atoms with Gasteiger partial charge in [-0.2, -0.15) is 0 Å². The number of rotatable bonds is 6. The molecule has 2 N–H and O–H groups in total. The van der Waals surface area contributed by atoms with Gasteiger partial charge in [0.2, 0.25) is 0 Å². The van der Waals surface area contributed by atoms with Crippen molar-refractivity contribution < 1.29 is 19.4 Å². The zero-order valence-electron chi connectivity index (χ0n) is 12.1. The van der Waals surface area contributed by atoms with Crippen molar-refractivity contribution in [3.63, 3.8) is 0 Å². The van der Waals surface area contributed by atoms with E-state index < -0.39 is 24.5 Å². The summed E-state index contributed by atoms with van der Waals surface area (Å²) in [6.45, 7) is -0.481. The zero-order valence-corrected chi connectivity index (χ0v) is 13.7. The molecule has 0 aliphatic heterocycles. The van der Waals surface area contributed by atoms with E-state index in [-0.39, 0.29) is 12.2 Å². The molecule has 1 aromatic heterocycles. The molecule has 7 heteroatoms. The summed E-state index contributed by atoms with van der Waals surface area (Å²) < 4.78 is 5.74. The first-order valence-electron chi connectivity index (χ1n) is 6.83. The van der Waals surface area contributed by atoms with Gasteiger partial charge in [0.1, 0.15) is 6.61 Å². The highest BCUT2D eigenvalue weighted by Gasteiger charge is 2.22. The van der Waals surface area contributed by atoms with Crippen molar-refractivity contribution in [2.75, 3.05) is 6.61 Å². The molecule has 1 heterocycles. The highest BCUT2D eigenvalue weighted by molar-refractivity contribution is 9.10. The predicted molar refractivity (Wildman–Crippen MR) is 86.5 cm³/mol. The molecule has 120 valence electrons. The fraction of sp³-hybridized carbons (Fsp3) is 0.188. The average Bonchev–Trinajstić information content (AvgIpc) is 2.58. The van der Waals surface area contributed by atoms with Crippen LogP contribution in [0.5, 0.6) is 0 Å². The first-order valence-corrected chi connectivity index (χ1v) is 7.62. The molecule has 6 nitrogen and oxygen atoms in total. The Hall–Kier alpha value is -2.25. The third kappa shape index (κ3) is 5.15. The monoisotopic (exact) mass is 378 g/mol. The second kappa shape index (κ2) is 8.40. The number of esters is 1. The Morgan fingerprint density at radius 1 is 1.26 bits per heavy atom.